The summed E-state index contributed by atoms with van der Waals surface area (Å²) in [5.41, 5.74) is 4.64. The summed E-state index contributed by atoms with van der Waals surface area (Å²) in [5, 5.41) is 3.27. The van der Waals surface area contributed by atoms with Crippen LogP contribution in [0.3, 0.4) is 0 Å². The molecular weight excluding hydrogens is 365 g/mol. The predicted octanol–water partition coefficient (Wildman–Crippen LogP) is 4.00. The van der Waals surface area contributed by atoms with Gasteiger partial charge in [0.25, 0.3) is 5.91 Å². The van der Waals surface area contributed by atoms with Crippen LogP contribution in [-0.4, -0.2) is 23.6 Å². The molecule has 0 heterocycles. The number of alkyl carbamates (subject to hydrolysis) is 1. The minimum Gasteiger partial charge on any atom is -0.444 e. The van der Waals surface area contributed by atoms with Gasteiger partial charge in [0.15, 0.2) is 0 Å². The standard InChI is InChI=1S/C14H18Cl3N3O3/c1-7(18-13(22)23-14(2,3)4)12(21)20-19-11-9(16)5-8(15)6-10(11)17/h5-7,19H,1-4H3,(H,18,22)(H,20,21). The smallest absolute Gasteiger partial charge is 0.408 e. The highest BCUT2D eigenvalue weighted by atomic mass is 35.5. The molecule has 1 atom stereocenters. The zero-order valence-corrected chi connectivity index (χ0v) is 15.4. The van der Waals surface area contributed by atoms with E-state index in [0.29, 0.717) is 10.7 Å². The summed E-state index contributed by atoms with van der Waals surface area (Å²) in [6.07, 6.45) is -0.692. The quantitative estimate of drug-likeness (QED) is 0.688. The average Bonchev–Trinajstić information content (AvgIpc) is 2.34. The summed E-state index contributed by atoms with van der Waals surface area (Å²) in [6.45, 7) is 6.68. The fourth-order valence-electron chi connectivity index (χ4n) is 1.44. The molecule has 6 nitrogen and oxygen atoms in total. The molecule has 0 aliphatic rings. The van der Waals surface area contributed by atoms with Crippen LogP contribution in [0.4, 0.5) is 10.5 Å². The summed E-state index contributed by atoms with van der Waals surface area (Å²) >= 11 is 17.8. The molecular formula is C14H18Cl3N3O3. The van der Waals surface area contributed by atoms with Gasteiger partial charge in [-0.1, -0.05) is 34.8 Å². The van der Waals surface area contributed by atoms with Gasteiger partial charge >= 0.3 is 6.09 Å². The molecule has 3 N–H and O–H groups in total. The van der Waals surface area contributed by atoms with Crippen molar-refractivity contribution in [3.8, 4) is 0 Å². The molecule has 0 fully saturated rings. The normalized spacial score (nSPS) is 12.3. The Morgan fingerprint density at radius 2 is 1.65 bits per heavy atom. The first-order valence-corrected chi connectivity index (χ1v) is 7.83. The van der Waals surface area contributed by atoms with E-state index in [1.807, 2.05) is 0 Å². The fourth-order valence-corrected chi connectivity index (χ4v) is 2.36. The SMILES string of the molecule is CC(NC(=O)OC(C)(C)C)C(=O)NNc1c(Cl)cc(Cl)cc1Cl. The van der Waals surface area contributed by atoms with E-state index in [1.54, 1.807) is 20.8 Å². The highest BCUT2D eigenvalue weighted by Gasteiger charge is 2.21. The Bertz CT molecular complexity index is 580. The van der Waals surface area contributed by atoms with Gasteiger partial charge in [-0.2, -0.15) is 0 Å². The summed E-state index contributed by atoms with van der Waals surface area (Å²) in [4.78, 5) is 23.6. The molecule has 0 spiro atoms. The molecule has 1 aromatic rings. The van der Waals surface area contributed by atoms with Gasteiger partial charge in [0.1, 0.15) is 11.6 Å². The number of carbonyl (C=O) groups is 2. The van der Waals surface area contributed by atoms with Gasteiger partial charge in [-0.15, -0.1) is 0 Å². The molecule has 0 aliphatic heterocycles. The largest absolute Gasteiger partial charge is 0.444 e. The van der Waals surface area contributed by atoms with E-state index >= 15 is 0 Å². The van der Waals surface area contributed by atoms with Gasteiger partial charge in [0.2, 0.25) is 0 Å². The maximum absolute atomic E-state index is 12.0. The molecule has 0 aromatic heterocycles. The second-order valence-electron chi connectivity index (χ2n) is 5.73. The van der Waals surface area contributed by atoms with Crippen LogP contribution in [0.15, 0.2) is 12.1 Å². The first-order valence-electron chi connectivity index (χ1n) is 6.69. The summed E-state index contributed by atoms with van der Waals surface area (Å²) in [5.74, 6) is -0.502. The Labute approximate surface area is 149 Å². The minimum atomic E-state index is -0.831. The lowest BCUT2D eigenvalue weighted by Gasteiger charge is -2.22. The average molecular weight is 383 g/mol. The molecule has 1 aromatic carbocycles. The van der Waals surface area contributed by atoms with Crippen molar-refractivity contribution in [3.05, 3.63) is 27.2 Å². The zero-order valence-electron chi connectivity index (χ0n) is 13.1. The molecule has 2 amide bonds. The van der Waals surface area contributed by atoms with Gasteiger partial charge < -0.3 is 10.1 Å². The van der Waals surface area contributed by atoms with Gasteiger partial charge in [-0.25, -0.2) is 4.79 Å². The van der Waals surface area contributed by atoms with Crippen molar-refractivity contribution in [2.75, 3.05) is 5.43 Å². The van der Waals surface area contributed by atoms with E-state index in [4.69, 9.17) is 39.5 Å². The number of rotatable bonds is 4. The van der Waals surface area contributed by atoms with Crippen LogP contribution in [0.25, 0.3) is 0 Å². The number of hydrogen-bond acceptors (Lipinski definition) is 4. The Morgan fingerprint density at radius 3 is 2.13 bits per heavy atom. The van der Waals surface area contributed by atoms with Crippen molar-refractivity contribution in [1.29, 1.82) is 0 Å². The predicted molar refractivity (Wildman–Crippen MR) is 92.1 cm³/mol. The van der Waals surface area contributed by atoms with Gasteiger partial charge in [0.05, 0.1) is 15.7 Å². The van der Waals surface area contributed by atoms with Crippen LogP contribution >= 0.6 is 34.8 Å². The van der Waals surface area contributed by atoms with Crippen molar-refractivity contribution in [2.24, 2.45) is 0 Å². The van der Waals surface area contributed by atoms with Crippen LogP contribution < -0.4 is 16.2 Å². The van der Waals surface area contributed by atoms with Crippen LogP contribution in [0, 0.1) is 0 Å². The lowest BCUT2D eigenvalue weighted by Crippen LogP contribution is -2.47. The Morgan fingerprint density at radius 1 is 1.13 bits per heavy atom. The van der Waals surface area contributed by atoms with Crippen molar-refractivity contribution in [1.82, 2.24) is 10.7 Å². The topological polar surface area (TPSA) is 79.5 Å². The number of carbonyl (C=O) groups excluding carboxylic acids is 2. The molecule has 0 aliphatic carbocycles. The van der Waals surface area contributed by atoms with E-state index in [1.165, 1.54) is 19.1 Å². The molecule has 23 heavy (non-hydrogen) atoms. The van der Waals surface area contributed by atoms with Crippen molar-refractivity contribution >= 4 is 52.5 Å². The second-order valence-corrected chi connectivity index (χ2v) is 6.98. The van der Waals surface area contributed by atoms with Gasteiger partial charge in [-0.3, -0.25) is 15.6 Å². The van der Waals surface area contributed by atoms with Crippen molar-refractivity contribution in [3.63, 3.8) is 0 Å². The maximum Gasteiger partial charge on any atom is 0.408 e. The van der Waals surface area contributed by atoms with Crippen LogP contribution in [0.1, 0.15) is 27.7 Å². The second kappa shape index (κ2) is 7.95. The summed E-state index contributed by atoms with van der Waals surface area (Å²) in [6, 6.07) is 2.12. The number of amides is 2. The maximum atomic E-state index is 12.0. The third-order valence-electron chi connectivity index (χ3n) is 2.44. The first kappa shape index (κ1) is 19.7. The van der Waals surface area contributed by atoms with E-state index in [0.717, 1.165) is 0 Å². The molecule has 0 saturated heterocycles. The highest BCUT2D eigenvalue weighted by molar-refractivity contribution is 6.41. The molecule has 0 radical (unpaired) electrons. The van der Waals surface area contributed by atoms with E-state index in [-0.39, 0.29) is 10.0 Å². The monoisotopic (exact) mass is 381 g/mol. The summed E-state index contributed by atoms with van der Waals surface area (Å²) in [7, 11) is 0. The Balaban J connectivity index is 2.58. The first-order chi connectivity index (χ1) is 10.5. The molecule has 1 rings (SSSR count). The molecule has 128 valence electrons. The van der Waals surface area contributed by atoms with Crippen molar-refractivity contribution < 1.29 is 14.3 Å². The van der Waals surface area contributed by atoms with E-state index < -0.39 is 23.6 Å². The molecule has 0 bridgehead atoms. The molecule has 9 heteroatoms. The number of benzene rings is 1. The number of hydrogen-bond donors (Lipinski definition) is 3. The number of halogens is 3. The molecule has 0 saturated carbocycles. The number of hydrazine groups is 1. The zero-order chi connectivity index (χ0) is 17.8. The van der Waals surface area contributed by atoms with E-state index in [9.17, 15) is 9.59 Å². The van der Waals surface area contributed by atoms with Crippen molar-refractivity contribution in [2.45, 2.75) is 39.3 Å². The van der Waals surface area contributed by atoms with Crippen LogP contribution in [0.5, 0.6) is 0 Å². The van der Waals surface area contributed by atoms with Gasteiger partial charge in [-0.05, 0) is 39.8 Å². The molecule has 1 unspecified atom stereocenters. The lowest BCUT2D eigenvalue weighted by atomic mass is 10.2. The third kappa shape index (κ3) is 6.72. The Kier molecular flexibility index (Phi) is 6.80. The Hall–Kier alpha value is -1.37. The number of ether oxygens (including phenoxy) is 1. The van der Waals surface area contributed by atoms with E-state index in [2.05, 4.69) is 16.2 Å². The third-order valence-corrected chi connectivity index (χ3v) is 3.26. The van der Waals surface area contributed by atoms with Gasteiger partial charge in [0, 0.05) is 5.02 Å². The van der Waals surface area contributed by atoms with Crippen LogP contribution in [0.2, 0.25) is 15.1 Å². The number of anilines is 1. The number of nitrogens with one attached hydrogen (secondary N) is 3. The summed E-state index contributed by atoms with van der Waals surface area (Å²) < 4.78 is 5.07. The fraction of sp³-hybridized carbons (Fsp3) is 0.429. The highest BCUT2D eigenvalue weighted by Crippen LogP contribution is 2.33. The minimum absolute atomic E-state index is 0.246. The van der Waals surface area contributed by atoms with Crippen LogP contribution in [-0.2, 0) is 9.53 Å². The lowest BCUT2D eigenvalue weighted by molar-refractivity contribution is -0.122.